The molecule has 0 atom stereocenters. The third-order valence-corrected chi connectivity index (χ3v) is 6.61. The second-order valence-electron chi connectivity index (χ2n) is 10.5. The summed E-state index contributed by atoms with van der Waals surface area (Å²) in [4.78, 5) is 25.2. The van der Waals surface area contributed by atoms with Crippen molar-refractivity contribution in [3.63, 3.8) is 0 Å². The Balaban J connectivity index is -0.000000177. The molecule has 0 amide bonds. The molecule has 2 N–H and O–H groups in total. The second-order valence-corrected chi connectivity index (χ2v) is 10.5. The van der Waals surface area contributed by atoms with Crippen LogP contribution in [0, 0.1) is 20.2 Å². The predicted octanol–water partition coefficient (Wildman–Crippen LogP) is 7.43. The summed E-state index contributed by atoms with van der Waals surface area (Å²) in [6.45, 7) is 5.81. The van der Waals surface area contributed by atoms with Gasteiger partial charge in [0, 0.05) is 280 Å². The van der Waals surface area contributed by atoms with Crippen LogP contribution in [0.25, 0.3) is 0 Å². The van der Waals surface area contributed by atoms with E-state index in [1.54, 1.807) is 48.5 Å². The van der Waals surface area contributed by atoms with Crippen molar-refractivity contribution in [2.24, 2.45) is 0 Å². The highest BCUT2D eigenvalue weighted by atomic mass is 128. The first kappa shape index (κ1) is 73.9. The van der Waals surface area contributed by atoms with Gasteiger partial charge in [0.25, 0.3) is 11.4 Å². The van der Waals surface area contributed by atoms with Gasteiger partial charge in [0.2, 0.25) is 0 Å². The normalized spacial score (nSPS) is 9.00. The van der Waals surface area contributed by atoms with E-state index in [-0.39, 0.29) is 60.7 Å². The lowest BCUT2D eigenvalue weighted by Crippen LogP contribution is -3.00. The van der Waals surface area contributed by atoms with Gasteiger partial charge < -0.3 is 58.2 Å². The summed E-state index contributed by atoms with van der Waals surface area (Å²) in [5.41, 5.74) is 2.17. The van der Waals surface area contributed by atoms with Gasteiger partial charge in [0.1, 0.15) is 0 Å². The summed E-state index contributed by atoms with van der Waals surface area (Å²) in [5.74, 6) is 0. The van der Waals surface area contributed by atoms with Gasteiger partial charge >= 0.3 is 0 Å². The average Bonchev–Trinajstić information content (AvgIpc) is 3.11. The molecule has 0 heterocycles. The Morgan fingerprint density at radius 2 is 0.740 bits per heavy atom. The minimum atomic E-state index is -0.377. The Kier molecular flexibility index (Phi) is 73.6. The van der Waals surface area contributed by atoms with Crippen LogP contribution in [0.15, 0.2) is 48.5 Å². The van der Waals surface area contributed by atoms with Crippen molar-refractivity contribution < 1.29 is 58.3 Å². The number of likely N-dealkylation sites (N-methyl/N-ethyl adjacent to an activating group) is 4. The Bertz CT molecular complexity index is 951. The number of hydrogen-bond donors (Lipinski definition) is 0. The van der Waals surface area contributed by atoms with Crippen LogP contribution in [0.4, 0.5) is 22.7 Å². The smallest absolute Gasteiger partial charge is 0.269 e. The predicted molar refractivity (Wildman–Crippen MR) is 313 cm³/mol. The molecule has 0 spiro atoms. The minimum Gasteiger partial charge on any atom is -1.00 e. The summed E-state index contributed by atoms with van der Waals surface area (Å²) >= 11 is 25.4. The van der Waals surface area contributed by atoms with E-state index in [9.17, 15) is 20.2 Å². The van der Waals surface area contributed by atoms with E-state index in [0.29, 0.717) is 0 Å². The van der Waals surface area contributed by atoms with Crippen LogP contribution < -0.4 is 43.8 Å². The fraction of sp³-hybridized carbons (Fsp3) is 0.520. The fourth-order valence-corrected chi connectivity index (χ4v) is 3.91. The van der Waals surface area contributed by atoms with Crippen LogP contribution in [0.1, 0.15) is 6.42 Å². The molecule has 2 aromatic rings. The highest BCUT2D eigenvalue weighted by Crippen LogP contribution is 2.20. The summed E-state index contributed by atoms with van der Waals surface area (Å²) in [7, 11) is 13.0. The molecule has 2 rings (SSSR count). The third-order valence-electron chi connectivity index (χ3n) is 6.61. The zero-order valence-corrected chi connectivity index (χ0v) is 56.7. The van der Waals surface area contributed by atoms with Gasteiger partial charge in [-0.3, -0.25) is 20.2 Å². The number of non-ortho nitro benzene ring substituents is 2. The van der Waals surface area contributed by atoms with Crippen molar-refractivity contribution in [1.29, 1.82) is 0 Å². The third kappa shape index (κ3) is 39.9. The molecule has 0 aromatic heterocycles. The van der Waals surface area contributed by atoms with Gasteiger partial charge in [-0.15, -0.1) is 0 Å². The molecular weight excluding hydrogens is 2150 g/mol. The van der Waals surface area contributed by atoms with Crippen molar-refractivity contribution in [3.8, 4) is 0 Å². The van der Waals surface area contributed by atoms with Crippen LogP contribution in [0.2, 0.25) is 0 Å². The number of benzene rings is 2. The lowest BCUT2D eigenvalue weighted by molar-refractivity contribution is -0.908. The van der Waals surface area contributed by atoms with E-state index in [4.69, 9.17) is 0 Å². The van der Waals surface area contributed by atoms with Gasteiger partial charge in [-0.2, -0.15) is 0 Å². The van der Waals surface area contributed by atoms with Crippen molar-refractivity contribution in [3.05, 3.63) is 68.8 Å². The first-order chi connectivity index (χ1) is 22.3. The van der Waals surface area contributed by atoms with E-state index in [1.807, 2.05) is 14.1 Å². The molecule has 50 heavy (non-hydrogen) atoms. The standard InChI is InChI=1S/C25H40N6O4.2BrH.6I2.H2O/c1-26(22-8-12-24(13-9-22)28(32)33)16-20-30(3,4)18-7-19-31(5,6)21-17-27(2)23-10-14-25(15-11-23)29(34)35;;;6*1-2;/h8-15H,7,16-21H2,1-6H3;2*1H;;;;;;;1H2/q+2;;;;;;;;;/p-2. The number of quaternary nitrogens is 2. The molecule has 0 saturated carbocycles. The van der Waals surface area contributed by atoms with Crippen LogP contribution in [0.3, 0.4) is 0 Å². The number of nitro groups is 2. The molecule has 0 aliphatic rings. The van der Waals surface area contributed by atoms with Gasteiger partial charge in [-0.25, -0.2) is 0 Å². The van der Waals surface area contributed by atoms with Gasteiger partial charge in [-0.05, 0) is 24.3 Å². The monoisotopic (exact) mass is 2190 g/mol. The SMILES string of the molecule is CN(CC[N+](C)(C)CCC[N+](C)(C)CCN(C)c1ccc([N+](=O)[O-])cc1)c1ccc([N+](=O)[O-])cc1.II.II.II.II.II.II.O.[Br-].[Br-]. The number of hydrogen-bond acceptors (Lipinski definition) is 6. The molecule has 0 radical (unpaired) electrons. The fourth-order valence-electron chi connectivity index (χ4n) is 3.91. The summed E-state index contributed by atoms with van der Waals surface area (Å²) in [6.07, 6.45) is 1.10. The van der Waals surface area contributed by atoms with Crippen molar-refractivity contribution >= 4 is 246 Å². The number of halogens is 14. The van der Waals surface area contributed by atoms with Crippen molar-refractivity contribution in [1.82, 2.24) is 0 Å². The highest BCUT2D eigenvalue weighted by molar-refractivity contribution is 15.0. The maximum Gasteiger partial charge on any atom is 0.269 e. The Hall–Kier alpha value is 6.44. The van der Waals surface area contributed by atoms with Crippen LogP contribution in [0.5, 0.6) is 0 Å². The quantitative estimate of drug-likeness (QED) is 0.0840. The molecule has 11 nitrogen and oxygen atoms in total. The lowest BCUT2D eigenvalue weighted by Gasteiger charge is -2.35. The van der Waals surface area contributed by atoms with E-state index in [0.717, 1.165) is 66.0 Å². The Morgan fingerprint density at radius 3 is 0.940 bits per heavy atom. The summed E-state index contributed by atoms with van der Waals surface area (Å²) < 4.78 is 1.81. The molecule has 0 fully saturated rings. The van der Waals surface area contributed by atoms with E-state index < -0.39 is 0 Å². The van der Waals surface area contributed by atoms with Crippen molar-refractivity contribution in [2.75, 3.05) is 91.4 Å². The lowest BCUT2D eigenvalue weighted by atomic mass is 10.2. The highest BCUT2D eigenvalue weighted by Gasteiger charge is 2.21. The van der Waals surface area contributed by atoms with E-state index in [1.165, 1.54) is 0 Å². The maximum absolute atomic E-state index is 10.8. The van der Waals surface area contributed by atoms with Gasteiger partial charge in [-0.1, -0.05) is 0 Å². The van der Waals surface area contributed by atoms with Crippen molar-refractivity contribution in [2.45, 2.75) is 6.42 Å². The van der Waals surface area contributed by atoms with E-state index in [2.05, 4.69) is 261 Å². The summed E-state index contributed by atoms with van der Waals surface area (Å²) in [5, 5.41) is 21.7. The van der Waals surface area contributed by atoms with Crippen LogP contribution in [-0.4, -0.2) is 106 Å². The first-order valence-corrected chi connectivity index (χ1v) is 50.4. The molecule has 0 aliphatic carbocycles. The van der Waals surface area contributed by atoms with Crippen LogP contribution in [-0.2, 0) is 0 Å². The maximum atomic E-state index is 10.8. The summed E-state index contributed by atoms with van der Waals surface area (Å²) in [6, 6.07) is 13.4. The van der Waals surface area contributed by atoms with Gasteiger partial charge in [0.05, 0.1) is 77.3 Å². The van der Waals surface area contributed by atoms with Gasteiger partial charge in [0.15, 0.2) is 0 Å². The van der Waals surface area contributed by atoms with Crippen LogP contribution >= 0.6 is 223 Å². The Morgan fingerprint density at radius 1 is 0.520 bits per heavy atom. The topological polar surface area (TPSA) is 124 Å². The first-order valence-electron chi connectivity index (χ1n) is 12.7. The largest absolute Gasteiger partial charge is 1.00 e. The molecule has 0 bridgehead atoms. The number of anilines is 2. The number of nitro benzene ring substituents is 2. The minimum absolute atomic E-state index is 0. The molecule has 2 aromatic carbocycles. The zero-order chi connectivity index (χ0) is 38.2. The number of nitrogens with zero attached hydrogens (tertiary/aromatic N) is 6. The molecular formula is C25H42Br2I12N6O5. The zero-order valence-electron chi connectivity index (χ0n) is 27.7. The molecule has 300 valence electrons. The van der Waals surface area contributed by atoms with E-state index >= 15 is 0 Å². The second kappa shape index (κ2) is 49.8. The molecule has 25 heteroatoms. The average molecular weight is 2190 g/mol. The number of rotatable bonds is 14. The molecule has 0 aliphatic heterocycles. The Labute approximate surface area is 460 Å². The molecule has 0 saturated heterocycles. The molecule has 0 unspecified atom stereocenters.